The molecule has 1 aliphatic rings. The minimum atomic E-state index is -0.0518. The second-order valence-corrected chi connectivity index (χ2v) is 6.39. The third-order valence-electron chi connectivity index (χ3n) is 4.44. The Bertz CT molecular complexity index is 280. The van der Waals surface area contributed by atoms with E-state index >= 15 is 0 Å². The largest absolute Gasteiger partial charge is 0.379 e. The molecule has 0 bridgehead atoms. The molecule has 1 fully saturated rings. The number of hydrogen-bond acceptors (Lipinski definition) is 3. The van der Waals surface area contributed by atoms with Gasteiger partial charge >= 0.3 is 0 Å². The fourth-order valence-electron chi connectivity index (χ4n) is 3.06. The van der Waals surface area contributed by atoms with E-state index in [4.69, 9.17) is 15.2 Å². The molecule has 0 spiro atoms. The van der Waals surface area contributed by atoms with Gasteiger partial charge in [0.25, 0.3) is 0 Å². The van der Waals surface area contributed by atoms with Crippen LogP contribution in [0, 0.1) is 5.92 Å². The smallest absolute Gasteiger partial charge is 0.0932 e. The summed E-state index contributed by atoms with van der Waals surface area (Å²) in [6.07, 6.45) is 15.1. The van der Waals surface area contributed by atoms with Gasteiger partial charge in [0.1, 0.15) is 0 Å². The maximum atomic E-state index is 6.23. The van der Waals surface area contributed by atoms with Gasteiger partial charge in [-0.15, -0.1) is 0 Å². The number of rotatable bonds is 10. The Balaban J connectivity index is 2.12. The molecule has 0 aromatic heterocycles. The van der Waals surface area contributed by atoms with Gasteiger partial charge in [0, 0.05) is 13.0 Å². The van der Waals surface area contributed by atoms with Crippen LogP contribution in [-0.2, 0) is 9.47 Å². The quantitative estimate of drug-likeness (QED) is 0.488. The molecule has 0 aromatic rings. The fraction of sp³-hybridized carbons (Fsp3) is 0.889. The van der Waals surface area contributed by atoms with Gasteiger partial charge in [0.05, 0.1) is 24.9 Å². The zero-order valence-electron chi connectivity index (χ0n) is 14.2. The summed E-state index contributed by atoms with van der Waals surface area (Å²) in [4.78, 5) is 0. The van der Waals surface area contributed by atoms with Crippen LogP contribution in [0.1, 0.15) is 65.2 Å². The molecule has 0 saturated carbocycles. The van der Waals surface area contributed by atoms with Crippen molar-refractivity contribution >= 4 is 0 Å². The second kappa shape index (κ2) is 11.2. The zero-order valence-corrected chi connectivity index (χ0v) is 14.2. The van der Waals surface area contributed by atoms with Gasteiger partial charge in [-0.05, 0) is 12.8 Å². The van der Waals surface area contributed by atoms with Crippen LogP contribution in [0.15, 0.2) is 12.2 Å². The van der Waals surface area contributed by atoms with Gasteiger partial charge in [0.15, 0.2) is 0 Å². The molecule has 3 heteroatoms. The van der Waals surface area contributed by atoms with E-state index in [1.165, 1.54) is 44.9 Å². The molecule has 0 aromatic carbocycles. The van der Waals surface area contributed by atoms with E-state index in [2.05, 4.69) is 26.0 Å². The molecule has 21 heavy (non-hydrogen) atoms. The highest BCUT2D eigenvalue weighted by atomic mass is 16.5. The summed E-state index contributed by atoms with van der Waals surface area (Å²) in [7, 11) is 1.74. The number of allylic oxidation sites excluding steroid dienone is 1. The van der Waals surface area contributed by atoms with Crippen molar-refractivity contribution in [2.24, 2.45) is 11.7 Å². The summed E-state index contributed by atoms with van der Waals surface area (Å²) in [5.74, 6) is 0.373. The number of methoxy groups -OCH3 is 1. The zero-order chi connectivity index (χ0) is 15.5. The maximum absolute atomic E-state index is 6.23. The first-order valence-corrected chi connectivity index (χ1v) is 8.77. The van der Waals surface area contributed by atoms with Gasteiger partial charge in [-0.3, -0.25) is 0 Å². The average molecular weight is 297 g/mol. The molecule has 0 amide bonds. The summed E-state index contributed by atoms with van der Waals surface area (Å²) in [5, 5.41) is 0. The normalized spacial score (nSPS) is 30.1. The fourth-order valence-corrected chi connectivity index (χ4v) is 3.06. The molecular weight excluding hydrogens is 262 g/mol. The van der Waals surface area contributed by atoms with Crippen LogP contribution in [-0.4, -0.2) is 32.0 Å². The highest BCUT2D eigenvalue weighted by molar-refractivity contribution is 5.01. The molecule has 1 heterocycles. The Morgan fingerprint density at radius 3 is 2.48 bits per heavy atom. The molecule has 0 radical (unpaired) electrons. The monoisotopic (exact) mass is 297 g/mol. The van der Waals surface area contributed by atoms with E-state index in [0.717, 1.165) is 13.0 Å². The van der Waals surface area contributed by atoms with Crippen LogP contribution in [0.5, 0.6) is 0 Å². The maximum Gasteiger partial charge on any atom is 0.0932 e. The molecule has 1 aliphatic heterocycles. The predicted molar refractivity (Wildman–Crippen MR) is 89.4 cm³/mol. The van der Waals surface area contributed by atoms with Crippen LogP contribution in [0.2, 0.25) is 0 Å². The molecule has 3 nitrogen and oxygen atoms in total. The average Bonchev–Trinajstić information content (AvgIpc) is 2.48. The summed E-state index contributed by atoms with van der Waals surface area (Å²) in [6.45, 7) is 5.13. The lowest BCUT2D eigenvalue weighted by atomic mass is 9.91. The van der Waals surface area contributed by atoms with Crippen LogP contribution in [0.3, 0.4) is 0 Å². The number of unbranched alkanes of at least 4 members (excludes halogenated alkanes) is 7. The minimum Gasteiger partial charge on any atom is -0.379 e. The molecule has 124 valence electrons. The summed E-state index contributed by atoms with van der Waals surface area (Å²) < 4.78 is 11.3. The topological polar surface area (TPSA) is 44.5 Å². The summed E-state index contributed by atoms with van der Waals surface area (Å²) >= 11 is 0. The van der Waals surface area contributed by atoms with Crippen LogP contribution in [0.25, 0.3) is 0 Å². The first-order chi connectivity index (χ1) is 10.2. The SMILES string of the molecule is CCCCCCCCC/C=C/[C@@H]1OC[C@H](C)[C@H](OC)[C@H]1N. The Hall–Kier alpha value is -0.380. The van der Waals surface area contributed by atoms with E-state index in [0.29, 0.717) is 5.92 Å². The predicted octanol–water partition coefficient (Wildman–Crippen LogP) is 4.06. The van der Waals surface area contributed by atoms with Gasteiger partial charge in [-0.25, -0.2) is 0 Å². The van der Waals surface area contributed by atoms with E-state index in [1.807, 2.05) is 0 Å². The lowest BCUT2D eigenvalue weighted by Crippen LogP contribution is -2.54. The second-order valence-electron chi connectivity index (χ2n) is 6.39. The summed E-state index contributed by atoms with van der Waals surface area (Å²) in [5.41, 5.74) is 6.23. The molecule has 2 N–H and O–H groups in total. The molecular formula is C18H35NO2. The summed E-state index contributed by atoms with van der Waals surface area (Å²) in [6, 6.07) is -0.0518. The van der Waals surface area contributed by atoms with Crippen molar-refractivity contribution in [2.45, 2.75) is 83.5 Å². The van der Waals surface area contributed by atoms with Crippen molar-refractivity contribution < 1.29 is 9.47 Å². The number of hydrogen-bond donors (Lipinski definition) is 1. The minimum absolute atomic E-state index is 0.00991. The highest BCUT2D eigenvalue weighted by Gasteiger charge is 2.34. The number of nitrogens with two attached hydrogens (primary N) is 1. The molecule has 1 saturated heterocycles. The Kier molecular flexibility index (Phi) is 9.98. The van der Waals surface area contributed by atoms with Gasteiger partial charge < -0.3 is 15.2 Å². The van der Waals surface area contributed by atoms with Crippen molar-refractivity contribution in [3.63, 3.8) is 0 Å². The van der Waals surface area contributed by atoms with Crippen molar-refractivity contribution in [1.82, 2.24) is 0 Å². The Labute approximate surface area is 131 Å². The molecule has 4 atom stereocenters. The third kappa shape index (κ3) is 6.94. The van der Waals surface area contributed by atoms with Crippen molar-refractivity contribution in [3.05, 3.63) is 12.2 Å². The van der Waals surface area contributed by atoms with E-state index in [1.54, 1.807) is 7.11 Å². The lowest BCUT2D eigenvalue weighted by Gasteiger charge is -2.37. The first kappa shape index (κ1) is 18.7. The molecule has 0 aliphatic carbocycles. The van der Waals surface area contributed by atoms with Gasteiger partial charge in [-0.2, -0.15) is 0 Å². The van der Waals surface area contributed by atoms with Crippen LogP contribution < -0.4 is 5.73 Å². The van der Waals surface area contributed by atoms with Gasteiger partial charge in [-0.1, -0.05) is 64.5 Å². The van der Waals surface area contributed by atoms with E-state index in [-0.39, 0.29) is 18.2 Å². The van der Waals surface area contributed by atoms with Crippen molar-refractivity contribution in [2.75, 3.05) is 13.7 Å². The molecule has 0 unspecified atom stereocenters. The number of ether oxygens (including phenoxy) is 2. The molecule has 1 rings (SSSR count). The van der Waals surface area contributed by atoms with Gasteiger partial charge in [0.2, 0.25) is 0 Å². The van der Waals surface area contributed by atoms with Crippen molar-refractivity contribution in [3.8, 4) is 0 Å². The van der Waals surface area contributed by atoms with E-state index in [9.17, 15) is 0 Å². The van der Waals surface area contributed by atoms with Crippen LogP contribution >= 0.6 is 0 Å². The lowest BCUT2D eigenvalue weighted by molar-refractivity contribution is -0.0899. The van der Waals surface area contributed by atoms with E-state index < -0.39 is 0 Å². The first-order valence-electron chi connectivity index (χ1n) is 8.77. The van der Waals surface area contributed by atoms with Crippen molar-refractivity contribution in [1.29, 1.82) is 0 Å². The van der Waals surface area contributed by atoms with Crippen LogP contribution in [0.4, 0.5) is 0 Å². The Morgan fingerprint density at radius 2 is 1.81 bits per heavy atom. The standard InChI is InChI=1S/C18H35NO2/c1-4-5-6-7-8-9-10-11-12-13-16-17(19)18(20-3)15(2)14-21-16/h12-13,15-18H,4-11,14,19H2,1-3H3/b13-12+/t15-,16-,17-,18-/m0/s1. The Morgan fingerprint density at radius 1 is 1.14 bits per heavy atom. The highest BCUT2D eigenvalue weighted by Crippen LogP contribution is 2.22. The third-order valence-corrected chi connectivity index (χ3v) is 4.44.